The Bertz CT molecular complexity index is 3160. The molecular weight excluding hydrogens is 717 g/mol. The third-order valence-corrected chi connectivity index (χ3v) is 16.2. The second-order valence-corrected chi connectivity index (χ2v) is 18.9. The van der Waals surface area contributed by atoms with E-state index in [1.54, 1.807) is 5.56 Å². The van der Waals surface area contributed by atoms with Crippen LogP contribution in [0, 0.1) is 23.7 Å². The smallest absolute Gasteiger partial charge is 0.0434 e. The lowest BCUT2D eigenvalue weighted by Crippen LogP contribution is -2.41. The molecule has 58 heavy (non-hydrogen) atoms. The zero-order valence-electron chi connectivity index (χ0n) is 32.6. The summed E-state index contributed by atoms with van der Waals surface area (Å²) in [6, 6.07) is 62.2. The van der Waals surface area contributed by atoms with E-state index in [1.807, 2.05) is 11.3 Å². The van der Waals surface area contributed by atoms with Crippen LogP contribution in [0.1, 0.15) is 50.0 Å². The Balaban J connectivity index is 1.02. The lowest BCUT2D eigenvalue weighted by atomic mass is 9.53. The lowest BCUT2D eigenvalue weighted by Gasteiger charge is -2.52. The molecule has 0 nitrogen and oxygen atoms in total. The average Bonchev–Trinajstić information content (AvgIpc) is 3.66. The molecule has 3 saturated carbocycles. The Morgan fingerprint density at radius 3 is 1.59 bits per heavy atom. The third-order valence-electron chi connectivity index (χ3n) is 15.0. The van der Waals surface area contributed by atoms with Gasteiger partial charge < -0.3 is 0 Å². The van der Waals surface area contributed by atoms with Crippen LogP contribution in [0.25, 0.3) is 96.6 Å². The first-order valence-electron chi connectivity index (χ1n) is 21.6. The largest absolute Gasteiger partial charge is 0.135 e. The minimum atomic E-state index is 0.656. The van der Waals surface area contributed by atoms with Crippen molar-refractivity contribution in [3.8, 4) is 33.4 Å². The first-order chi connectivity index (χ1) is 28.8. The summed E-state index contributed by atoms with van der Waals surface area (Å²) in [6.45, 7) is 0. The molecule has 0 radical (unpaired) electrons. The summed E-state index contributed by atoms with van der Waals surface area (Å²) < 4.78 is 2.70. The summed E-state index contributed by atoms with van der Waals surface area (Å²) in [7, 11) is 0. The standard InChI is InChI=1S/C57H44S/c1-2-13-35(14-3-1)53-40-15-4-8-19-44(40)55(45-20-9-5-16-41(45)53)49-24-12-23-48-51-33-37(27-28-52(51)58-57(48)49)54-42-17-6-10-21-46(42)56(47-22-11-7-18-43(47)54)50-32-36-26-25-34-29-38(36)31-39(50)30-34/h1-24,27-28,33-34,36,38-39,50H,25-26,29-32H2. The number of hydrogen-bond donors (Lipinski definition) is 0. The fourth-order valence-corrected chi connectivity index (χ4v) is 13.9. The summed E-state index contributed by atoms with van der Waals surface area (Å²) in [5.41, 5.74) is 9.58. The van der Waals surface area contributed by atoms with E-state index in [1.165, 1.54) is 135 Å². The SMILES string of the molecule is c1ccc(-c2c3ccccc3c(-c3cccc4c3sc3ccc(-c5c6ccccc6c(C6CC7CCC8CC7CC6C8)c6ccccc56)cc34)c3ccccc23)cc1. The highest BCUT2D eigenvalue weighted by atomic mass is 32.1. The van der Waals surface area contributed by atoms with E-state index < -0.39 is 0 Å². The molecule has 1 heterocycles. The van der Waals surface area contributed by atoms with E-state index in [0.29, 0.717) is 5.92 Å². The number of rotatable bonds is 4. The summed E-state index contributed by atoms with van der Waals surface area (Å²) in [6.07, 6.45) is 8.69. The normalized spacial score (nSPS) is 21.6. The number of fused-ring (bicyclic) bond motifs is 9. The molecule has 1 heteroatoms. The quantitative estimate of drug-likeness (QED) is 0.157. The van der Waals surface area contributed by atoms with Crippen molar-refractivity contribution in [1.29, 1.82) is 0 Å². The predicted octanol–water partition coefficient (Wildman–Crippen LogP) is 16.6. The van der Waals surface area contributed by atoms with Gasteiger partial charge in [0, 0.05) is 25.7 Å². The van der Waals surface area contributed by atoms with E-state index in [2.05, 4.69) is 164 Å². The van der Waals surface area contributed by atoms with Gasteiger partial charge >= 0.3 is 0 Å². The van der Waals surface area contributed by atoms with Crippen molar-refractivity contribution >= 4 is 74.6 Å². The summed E-state index contributed by atoms with van der Waals surface area (Å²) >= 11 is 1.95. The van der Waals surface area contributed by atoms with Crippen molar-refractivity contribution in [1.82, 2.24) is 0 Å². The van der Waals surface area contributed by atoms with Gasteiger partial charge in [-0.15, -0.1) is 11.3 Å². The van der Waals surface area contributed by atoms with Crippen LogP contribution in [0.3, 0.4) is 0 Å². The summed E-state index contributed by atoms with van der Waals surface area (Å²) in [5, 5.41) is 13.7. The molecule has 3 bridgehead atoms. The van der Waals surface area contributed by atoms with Crippen LogP contribution >= 0.6 is 11.3 Å². The molecule has 3 fully saturated rings. The van der Waals surface area contributed by atoms with Crippen LogP contribution in [-0.2, 0) is 0 Å². The van der Waals surface area contributed by atoms with E-state index in [-0.39, 0.29) is 0 Å². The monoisotopic (exact) mass is 760 g/mol. The molecule has 0 aliphatic heterocycles. The van der Waals surface area contributed by atoms with E-state index in [9.17, 15) is 0 Å². The van der Waals surface area contributed by atoms with Crippen molar-refractivity contribution in [3.63, 3.8) is 0 Å². The van der Waals surface area contributed by atoms with Crippen LogP contribution in [0.2, 0.25) is 0 Å². The molecule has 5 atom stereocenters. The molecule has 0 N–H and O–H groups in total. The highest BCUT2D eigenvalue weighted by molar-refractivity contribution is 7.26. The highest BCUT2D eigenvalue weighted by Crippen LogP contribution is 2.59. The molecular formula is C57H44S. The maximum atomic E-state index is 2.52. The molecule has 3 aliphatic rings. The zero-order valence-corrected chi connectivity index (χ0v) is 33.4. The van der Waals surface area contributed by atoms with Crippen LogP contribution in [0.5, 0.6) is 0 Å². The second-order valence-electron chi connectivity index (χ2n) is 17.9. The maximum Gasteiger partial charge on any atom is 0.0434 e. The van der Waals surface area contributed by atoms with Crippen molar-refractivity contribution in [2.24, 2.45) is 23.7 Å². The van der Waals surface area contributed by atoms with Gasteiger partial charge in [-0.1, -0.05) is 158 Å². The summed E-state index contributed by atoms with van der Waals surface area (Å²) in [5.74, 6) is 4.32. The molecule has 0 saturated heterocycles. The Labute approximate surface area is 343 Å². The van der Waals surface area contributed by atoms with Gasteiger partial charge in [-0.3, -0.25) is 0 Å². The van der Waals surface area contributed by atoms with E-state index in [0.717, 1.165) is 23.7 Å². The van der Waals surface area contributed by atoms with E-state index in [4.69, 9.17) is 0 Å². The Morgan fingerprint density at radius 2 is 0.914 bits per heavy atom. The average molecular weight is 761 g/mol. The Hall–Kier alpha value is -5.76. The van der Waals surface area contributed by atoms with Crippen molar-refractivity contribution in [2.45, 2.75) is 44.4 Å². The fourth-order valence-electron chi connectivity index (χ4n) is 12.7. The molecule has 9 aromatic carbocycles. The fraction of sp³-hybridized carbons (Fsp3) is 0.193. The highest BCUT2D eigenvalue weighted by Gasteiger charge is 2.46. The van der Waals surface area contributed by atoms with Crippen molar-refractivity contribution in [3.05, 3.63) is 169 Å². The lowest BCUT2D eigenvalue weighted by molar-refractivity contribution is 0.0173. The van der Waals surface area contributed by atoms with Gasteiger partial charge in [0.15, 0.2) is 0 Å². The van der Waals surface area contributed by atoms with Gasteiger partial charge in [0.1, 0.15) is 0 Å². The van der Waals surface area contributed by atoms with Crippen LogP contribution in [0.15, 0.2) is 164 Å². The molecule has 0 amide bonds. The molecule has 3 aliphatic carbocycles. The van der Waals surface area contributed by atoms with Gasteiger partial charge in [0.05, 0.1) is 0 Å². The summed E-state index contributed by atoms with van der Waals surface area (Å²) in [4.78, 5) is 0. The molecule has 10 aromatic rings. The number of hydrogen-bond acceptors (Lipinski definition) is 1. The minimum absolute atomic E-state index is 0.656. The number of thiophene rings is 1. The first-order valence-corrected chi connectivity index (χ1v) is 22.5. The second kappa shape index (κ2) is 12.9. The van der Waals surface area contributed by atoms with Crippen molar-refractivity contribution in [2.75, 3.05) is 0 Å². The van der Waals surface area contributed by atoms with E-state index >= 15 is 0 Å². The Kier molecular flexibility index (Phi) is 7.38. The van der Waals surface area contributed by atoms with Gasteiger partial charge in [0.25, 0.3) is 0 Å². The van der Waals surface area contributed by atoms with Gasteiger partial charge in [-0.2, -0.15) is 0 Å². The van der Waals surface area contributed by atoms with Crippen LogP contribution < -0.4 is 0 Å². The topological polar surface area (TPSA) is 0 Å². The molecule has 1 aromatic heterocycles. The van der Waals surface area contributed by atoms with Gasteiger partial charge in [-0.25, -0.2) is 0 Å². The molecule has 13 rings (SSSR count). The molecule has 0 spiro atoms. The minimum Gasteiger partial charge on any atom is -0.135 e. The maximum absolute atomic E-state index is 2.52. The zero-order chi connectivity index (χ0) is 37.9. The number of benzene rings is 9. The van der Waals surface area contributed by atoms with Crippen LogP contribution in [-0.4, -0.2) is 0 Å². The Morgan fingerprint density at radius 1 is 0.362 bits per heavy atom. The molecule has 278 valence electrons. The predicted molar refractivity (Wildman–Crippen MR) is 250 cm³/mol. The third kappa shape index (κ3) is 4.86. The van der Waals surface area contributed by atoms with Gasteiger partial charge in [-0.05, 0) is 150 Å². The van der Waals surface area contributed by atoms with Gasteiger partial charge in [0.2, 0.25) is 0 Å². The first kappa shape index (κ1) is 33.2. The molecule has 5 unspecified atom stereocenters. The van der Waals surface area contributed by atoms with Crippen LogP contribution in [0.4, 0.5) is 0 Å². The van der Waals surface area contributed by atoms with Crippen molar-refractivity contribution < 1.29 is 0 Å².